The summed E-state index contributed by atoms with van der Waals surface area (Å²) in [6.45, 7) is 4.32. The maximum Gasteiger partial charge on any atom is 0.252 e. The molecule has 0 radical (unpaired) electrons. The van der Waals surface area contributed by atoms with Crippen molar-refractivity contribution >= 4 is 11.8 Å². The van der Waals surface area contributed by atoms with Crippen molar-refractivity contribution in [2.75, 3.05) is 13.1 Å². The van der Waals surface area contributed by atoms with E-state index in [1.54, 1.807) is 0 Å². The number of benzene rings is 1. The van der Waals surface area contributed by atoms with Crippen molar-refractivity contribution in [3.63, 3.8) is 0 Å². The number of primary amides is 1. The minimum atomic E-state index is -0.547. The molecule has 138 valence electrons. The number of hydrogen-bond acceptors (Lipinski definition) is 4. The van der Waals surface area contributed by atoms with Crippen LogP contribution < -0.4 is 11.5 Å². The zero-order chi connectivity index (χ0) is 18.4. The largest absolute Gasteiger partial charge is 0.368 e. The summed E-state index contributed by atoms with van der Waals surface area (Å²) >= 11 is 0. The molecule has 1 aliphatic heterocycles. The highest BCUT2D eigenvalue weighted by Gasteiger charge is 2.35. The number of nitrogens with zero attached hydrogens (tertiary/aromatic N) is 1. The van der Waals surface area contributed by atoms with Crippen LogP contribution in [-0.4, -0.2) is 42.0 Å². The van der Waals surface area contributed by atoms with Crippen molar-refractivity contribution in [3.05, 3.63) is 35.4 Å². The number of aryl methyl sites for hydroxylation is 1. The summed E-state index contributed by atoms with van der Waals surface area (Å²) in [5.41, 5.74) is 13.2. The van der Waals surface area contributed by atoms with Crippen molar-refractivity contribution in [1.82, 2.24) is 4.90 Å². The minimum absolute atomic E-state index is 0.0898. The molecule has 2 amide bonds. The van der Waals surface area contributed by atoms with Gasteiger partial charge in [0.25, 0.3) is 5.91 Å². The maximum atomic E-state index is 12.9. The van der Waals surface area contributed by atoms with Gasteiger partial charge in [-0.15, -0.1) is 0 Å². The van der Waals surface area contributed by atoms with Crippen molar-refractivity contribution in [2.24, 2.45) is 11.5 Å². The molecule has 1 saturated heterocycles. The SMILES string of the molecule is CCCc1ccc(C(C)N(CC(N)=O)C(=O)[C@@H]2CC[C@H](CN)O2)cc1. The molecule has 0 saturated carbocycles. The fourth-order valence-corrected chi connectivity index (χ4v) is 3.25. The van der Waals surface area contributed by atoms with E-state index in [4.69, 9.17) is 16.2 Å². The third kappa shape index (κ3) is 5.03. The van der Waals surface area contributed by atoms with Gasteiger partial charge in [-0.25, -0.2) is 0 Å². The molecule has 4 N–H and O–H groups in total. The molecule has 0 spiro atoms. The first kappa shape index (κ1) is 19.4. The molecule has 6 nitrogen and oxygen atoms in total. The third-order valence-corrected chi connectivity index (χ3v) is 4.72. The van der Waals surface area contributed by atoms with Crippen LogP contribution >= 0.6 is 0 Å². The van der Waals surface area contributed by atoms with Gasteiger partial charge >= 0.3 is 0 Å². The molecule has 1 aromatic rings. The average molecular weight is 347 g/mol. The lowest BCUT2D eigenvalue weighted by Gasteiger charge is -2.30. The lowest BCUT2D eigenvalue weighted by atomic mass is 10.0. The second-order valence-electron chi connectivity index (χ2n) is 6.66. The quantitative estimate of drug-likeness (QED) is 0.745. The van der Waals surface area contributed by atoms with Crippen molar-refractivity contribution in [1.29, 1.82) is 0 Å². The molecule has 0 aliphatic carbocycles. The van der Waals surface area contributed by atoms with Crippen LogP contribution in [0.5, 0.6) is 0 Å². The van der Waals surface area contributed by atoms with Crippen LogP contribution in [0.25, 0.3) is 0 Å². The lowest BCUT2D eigenvalue weighted by Crippen LogP contribution is -2.45. The summed E-state index contributed by atoms with van der Waals surface area (Å²) in [5.74, 6) is -0.726. The number of nitrogens with two attached hydrogens (primary N) is 2. The number of rotatable bonds is 8. The molecule has 0 bridgehead atoms. The molecule has 1 aliphatic rings. The zero-order valence-corrected chi connectivity index (χ0v) is 15.1. The van der Waals surface area contributed by atoms with Gasteiger partial charge in [0, 0.05) is 6.54 Å². The number of hydrogen-bond donors (Lipinski definition) is 2. The second-order valence-corrected chi connectivity index (χ2v) is 6.66. The Morgan fingerprint density at radius 1 is 1.28 bits per heavy atom. The number of ether oxygens (including phenoxy) is 1. The van der Waals surface area contributed by atoms with Gasteiger partial charge in [-0.05, 0) is 37.3 Å². The topological polar surface area (TPSA) is 98.7 Å². The molecule has 2 rings (SSSR count). The summed E-state index contributed by atoms with van der Waals surface area (Å²) < 4.78 is 5.70. The third-order valence-electron chi connectivity index (χ3n) is 4.72. The molecular formula is C19H29N3O3. The van der Waals surface area contributed by atoms with Gasteiger partial charge in [-0.1, -0.05) is 37.6 Å². The second kappa shape index (κ2) is 8.97. The number of carbonyl (C=O) groups is 2. The Hall–Kier alpha value is -1.92. The van der Waals surface area contributed by atoms with Gasteiger partial charge in [-0.3, -0.25) is 9.59 Å². The van der Waals surface area contributed by atoms with Crippen molar-refractivity contribution in [3.8, 4) is 0 Å². The Kier molecular flexibility index (Phi) is 6.96. The van der Waals surface area contributed by atoms with Crippen molar-refractivity contribution < 1.29 is 14.3 Å². The first-order valence-corrected chi connectivity index (χ1v) is 8.99. The van der Waals surface area contributed by atoms with E-state index in [0.29, 0.717) is 13.0 Å². The van der Waals surface area contributed by atoms with E-state index in [9.17, 15) is 9.59 Å². The van der Waals surface area contributed by atoms with Crippen LogP contribution in [0.3, 0.4) is 0 Å². The zero-order valence-electron chi connectivity index (χ0n) is 15.1. The first-order chi connectivity index (χ1) is 12.0. The van der Waals surface area contributed by atoms with Crippen LogP contribution in [0, 0.1) is 0 Å². The van der Waals surface area contributed by atoms with E-state index in [1.165, 1.54) is 10.5 Å². The van der Waals surface area contributed by atoms with E-state index in [2.05, 4.69) is 19.1 Å². The molecule has 0 aromatic heterocycles. The minimum Gasteiger partial charge on any atom is -0.368 e. The molecule has 1 aromatic carbocycles. The number of amides is 2. The highest BCUT2D eigenvalue weighted by atomic mass is 16.5. The monoisotopic (exact) mass is 347 g/mol. The fourth-order valence-electron chi connectivity index (χ4n) is 3.25. The van der Waals surface area contributed by atoms with E-state index in [-0.39, 0.29) is 24.6 Å². The van der Waals surface area contributed by atoms with E-state index in [0.717, 1.165) is 24.8 Å². The van der Waals surface area contributed by atoms with Crippen LogP contribution in [0.2, 0.25) is 0 Å². The number of carbonyl (C=O) groups excluding carboxylic acids is 2. The molecule has 1 heterocycles. The van der Waals surface area contributed by atoms with Crippen LogP contribution in [0.4, 0.5) is 0 Å². The van der Waals surface area contributed by atoms with E-state index >= 15 is 0 Å². The van der Waals surface area contributed by atoms with E-state index in [1.807, 2.05) is 19.1 Å². The molecular weight excluding hydrogens is 318 g/mol. The van der Waals surface area contributed by atoms with E-state index < -0.39 is 12.0 Å². The highest BCUT2D eigenvalue weighted by molar-refractivity contribution is 5.87. The van der Waals surface area contributed by atoms with Gasteiger partial charge < -0.3 is 21.1 Å². The molecule has 1 unspecified atom stereocenters. The van der Waals surface area contributed by atoms with Crippen molar-refractivity contribution in [2.45, 2.75) is 57.8 Å². The summed E-state index contributed by atoms with van der Waals surface area (Å²) in [4.78, 5) is 25.9. The van der Waals surface area contributed by atoms with Gasteiger partial charge in [-0.2, -0.15) is 0 Å². The predicted molar refractivity (Wildman–Crippen MR) is 96.7 cm³/mol. The fraction of sp³-hybridized carbons (Fsp3) is 0.579. The van der Waals surface area contributed by atoms with Gasteiger partial charge in [0.1, 0.15) is 6.10 Å². The maximum absolute atomic E-state index is 12.9. The Morgan fingerprint density at radius 2 is 1.96 bits per heavy atom. The lowest BCUT2D eigenvalue weighted by molar-refractivity contribution is -0.147. The van der Waals surface area contributed by atoms with Gasteiger partial charge in [0.15, 0.2) is 0 Å². The van der Waals surface area contributed by atoms with Crippen LogP contribution in [0.1, 0.15) is 50.3 Å². The van der Waals surface area contributed by atoms with Gasteiger partial charge in [0.05, 0.1) is 18.7 Å². The van der Waals surface area contributed by atoms with Gasteiger partial charge in [0.2, 0.25) is 5.91 Å². The summed E-state index contributed by atoms with van der Waals surface area (Å²) in [6.07, 6.45) is 2.86. The normalized spacial score (nSPS) is 21.1. The first-order valence-electron chi connectivity index (χ1n) is 8.99. The Bertz CT molecular complexity index is 588. The Labute approximate surface area is 149 Å². The summed E-state index contributed by atoms with van der Waals surface area (Å²) in [6, 6.07) is 7.90. The standard InChI is InChI=1S/C19H29N3O3/c1-3-4-14-5-7-15(8-6-14)13(2)22(12-18(21)23)19(24)17-10-9-16(11-20)25-17/h5-8,13,16-17H,3-4,9-12,20H2,1-2H3,(H2,21,23)/t13?,16-,17+/m1/s1. The Morgan fingerprint density at radius 3 is 2.48 bits per heavy atom. The average Bonchev–Trinajstić information content (AvgIpc) is 3.08. The molecule has 6 heteroatoms. The van der Waals surface area contributed by atoms with Crippen LogP contribution in [-0.2, 0) is 20.7 Å². The highest BCUT2D eigenvalue weighted by Crippen LogP contribution is 2.26. The van der Waals surface area contributed by atoms with Crippen LogP contribution in [0.15, 0.2) is 24.3 Å². The molecule has 25 heavy (non-hydrogen) atoms. The smallest absolute Gasteiger partial charge is 0.252 e. The summed E-state index contributed by atoms with van der Waals surface area (Å²) in [7, 11) is 0. The summed E-state index contributed by atoms with van der Waals surface area (Å²) in [5, 5.41) is 0. The molecule has 1 fully saturated rings. The predicted octanol–water partition coefficient (Wildman–Crippen LogP) is 1.52. The Balaban J connectivity index is 2.15. The molecule has 3 atom stereocenters.